The van der Waals surface area contributed by atoms with E-state index in [0.29, 0.717) is 16.5 Å². The minimum atomic E-state index is -0.598. The van der Waals surface area contributed by atoms with E-state index in [0.717, 1.165) is 25.0 Å². The third kappa shape index (κ3) is 3.13. The van der Waals surface area contributed by atoms with Crippen LogP contribution >= 0.6 is 23.2 Å². The smallest absolute Gasteiger partial charge is 0.295 e. The second kappa shape index (κ2) is 6.75. The van der Waals surface area contributed by atoms with Crippen molar-refractivity contribution in [2.75, 3.05) is 0 Å². The molecule has 0 saturated carbocycles. The highest BCUT2D eigenvalue weighted by Gasteiger charge is 2.47. The first-order chi connectivity index (χ1) is 11.1. The monoisotopic (exact) mass is 348 g/mol. The van der Waals surface area contributed by atoms with Crippen LogP contribution in [0.1, 0.15) is 19.3 Å². The molecule has 1 amide bonds. The molecule has 2 aromatic rings. The van der Waals surface area contributed by atoms with Gasteiger partial charge in [0.25, 0.3) is 0 Å². The number of carbonyl (C=O) groups is 1. The molecule has 0 radical (unpaired) electrons. The molecule has 0 bridgehead atoms. The van der Waals surface area contributed by atoms with Crippen LogP contribution in [0.4, 0.5) is 10.5 Å². The summed E-state index contributed by atoms with van der Waals surface area (Å²) >= 11 is 12.0. The number of hydrogen-bond donors (Lipinski definition) is 0. The van der Waals surface area contributed by atoms with Gasteiger partial charge in [-0.3, -0.25) is 4.84 Å². The Morgan fingerprint density at radius 2 is 1.74 bits per heavy atom. The van der Waals surface area contributed by atoms with Gasteiger partial charge in [0.05, 0.1) is 0 Å². The Morgan fingerprint density at radius 1 is 1.04 bits per heavy atom. The van der Waals surface area contributed by atoms with Gasteiger partial charge in [0.2, 0.25) is 0 Å². The van der Waals surface area contributed by atoms with Crippen LogP contribution in [0.25, 0.3) is 0 Å². The minimum Gasteiger partial charge on any atom is -0.295 e. The number of hydroxylamine groups is 2. The molecule has 0 saturated heterocycles. The largest absolute Gasteiger partial charge is 0.463 e. The maximum absolute atomic E-state index is 12.5. The maximum atomic E-state index is 12.5. The van der Waals surface area contributed by atoms with Crippen molar-refractivity contribution < 1.29 is 9.63 Å². The highest BCUT2D eigenvalue weighted by Crippen LogP contribution is 2.38. The second-order valence-corrected chi connectivity index (χ2v) is 6.09. The molecule has 0 N–H and O–H groups in total. The van der Waals surface area contributed by atoms with Crippen LogP contribution in [0.3, 0.4) is 0 Å². The molecule has 3 nitrogen and oxygen atoms in total. The lowest BCUT2D eigenvalue weighted by molar-refractivity contribution is 0.0361. The van der Waals surface area contributed by atoms with Crippen LogP contribution in [0.15, 0.2) is 66.4 Å². The van der Waals surface area contributed by atoms with E-state index >= 15 is 0 Å². The first kappa shape index (κ1) is 16.1. The van der Waals surface area contributed by atoms with Crippen LogP contribution in [0, 0.1) is 0 Å². The van der Waals surface area contributed by atoms with Crippen molar-refractivity contribution in [3.63, 3.8) is 0 Å². The van der Waals surface area contributed by atoms with Crippen LogP contribution < -0.4 is 9.48 Å². The topological polar surface area (TPSA) is 26.3 Å². The Labute approximate surface area is 145 Å². The van der Waals surface area contributed by atoms with E-state index in [9.17, 15) is 4.79 Å². The molecular formula is C18H16Cl2NO2+. The normalized spacial score (nSPS) is 16.5. The summed E-state index contributed by atoms with van der Waals surface area (Å²) in [5.41, 5.74) is 1.53. The Balaban J connectivity index is 2.11. The van der Waals surface area contributed by atoms with Gasteiger partial charge in [-0.25, -0.2) is 4.79 Å². The van der Waals surface area contributed by atoms with Crippen LogP contribution in [0.2, 0.25) is 5.02 Å². The van der Waals surface area contributed by atoms with Crippen LogP contribution in [0.5, 0.6) is 5.75 Å². The third-order valence-corrected chi connectivity index (χ3v) is 4.33. The maximum Gasteiger partial charge on any atom is 0.463 e. The summed E-state index contributed by atoms with van der Waals surface area (Å²) in [6.07, 6.45) is 4.69. The van der Waals surface area contributed by atoms with E-state index in [-0.39, 0.29) is 0 Å². The molecule has 1 aliphatic carbocycles. The second-order valence-electron chi connectivity index (χ2n) is 5.33. The predicted octanol–water partition coefficient (Wildman–Crippen LogP) is 6.07. The van der Waals surface area contributed by atoms with Crippen molar-refractivity contribution in [1.29, 1.82) is 0 Å². The SMILES string of the molecule is O=C(Cl)[N+](Oc1ccc(Cl)cc1)(C1=CCCC1)c1ccccc1. The Kier molecular flexibility index (Phi) is 4.71. The number of carbonyl (C=O) groups excluding carboxylic acids is 1. The van der Waals surface area contributed by atoms with E-state index in [1.165, 1.54) is 0 Å². The number of allylic oxidation sites excluding steroid dienone is 2. The van der Waals surface area contributed by atoms with Gasteiger partial charge in [0.1, 0.15) is 0 Å². The zero-order valence-electron chi connectivity index (χ0n) is 12.4. The summed E-state index contributed by atoms with van der Waals surface area (Å²) in [4.78, 5) is 18.6. The molecule has 0 heterocycles. The quantitative estimate of drug-likeness (QED) is 0.290. The van der Waals surface area contributed by atoms with Crippen LogP contribution in [-0.2, 0) is 0 Å². The fourth-order valence-electron chi connectivity index (χ4n) is 2.76. The van der Waals surface area contributed by atoms with E-state index in [4.69, 9.17) is 28.0 Å². The van der Waals surface area contributed by atoms with E-state index < -0.39 is 10.0 Å². The average molecular weight is 349 g/mol. The fourth-order valence-corrected chi connectivity index (χ4v) is 3.13. The molecule has 0 aliphatic heterocycles. The zero-order chi connectivity index (χ0) is 16.3. The van der Waals surface area contributed by atoms with Gasteiger partial charge < -0.3 is 0 Å². The molecule has 5 heteroatoms. The molecular weight excluding hydrogens is 333 g/mol. The third-order valence-electron chi connectivity index (χ3n) is 3.84. The summed E-state index contributed by atoms with van der Waals surface area (Å²) in [5, 5.41) is 0.00624. The molecule has 23 heavy (non-hydrogen) atoms. The Morgan fingerprint density at radius 3 is 2.30 bits per heavy atom. The van der Waals surface area contributed by atoms with Gasteiger partial charge in [-0.05, 0) is 43.2 Å². The van der Waals surface area contributed by atoms with Gasteiger partial charge in [-0.1, -0.05) is 29.8 Å². The summed E-state index contributed by atoms with van der Waals surface area (Å²) in [7, 11) is 0. The van der Waals surface area contributed by atoms with Crippen LogP contribution in [-0.4, -0.2) is 5.37 Å². The lowest BCUT2D eigenvalue weighted by Crippen LogP contribution is -2.53. The van der Waals surface area contributed by atoms with Crippen molar-refractivity contribution >= 4 is 34.3 Å². The number of amides is 1. The molecule has 0 fully saturated rings. The molecule has 118 valence electrons. The van der Waals surface area contributed by atoms with Crippen molar-refractivity contribution in [1.82, 2.24) is 4.65 Å². The average Bonchev–Trinajstić information content (AvgIpc) is 3.09. The molecule has 1 atom stereocenters. The molecule has 1 unspecified atom stereocenters. The zero-order valence-corrected chi connectivity index (χ0v) is 13.9. The number of quaternary nitrogens is 1. The minimum absolute atomic E-state index is 0.454. The van der Waals surface area contributed by atoms with E-state index in [1.54, 1.807) is 24.3 Å². The van der Waals surface area contributed by atoms with Gasteiger partial charge in [0, 0.05) is 39.8 Å². The Hall–Kier alpha value is -1.81. The van der Waals surface area contributed by atoms with Gasteiger partial charge >= 0.3 is 5.37 Å². The van der Waals surface area contributed by atoms with Crippen molar-refractivity contribution in [2.45, 2.75) is 19.3 Å². The fraction of sp³-hybridized carbons (Fsp3) is 0.167. The summed E-state index contributed by atoms with van der Waals surface area (Å²) < 4.78 is -0.454. The van der Waals surface area contributed by atoms with Gasteiger partial charge in [-0.2, -0.15) is 0 Å². The summed E-state index contributed by atoms with van der Waals surface area (Å²) in [5.74, 6) is 0.528. The molecule has 2 aromatic carbocycles. The number of para-hydroxylation sites is 1. The van der Waals surface area contributed by atoms with Crippen molar-refractivity contribution in [3.05, 3.63) is 71.4 Å². The van der Waals surface area contributed by atoms with E-state index in [1.807, 2.05) is 36.4 Å². The van der Waals surface area contributed by atoms with Gasteiger partial charge in [0.15, 0.2) is 17.1 Å². The number of rotatable bonds is 4. The molecule has 1 aliphatic rings. The summed E-state index contributed by atoms with van der Waals surface area (Å²) in [6.45, 7) is 0. The molecule has 3 rings (SSSR count). The predicted molar refractivity (Wildman–Crippen MR) is 93.5 cm³/mol. The Bertz CT molecular complexity index is 728. The highest BCUT2D eigenvalue weighted by molar-refractivity contribution is 6.64. The number of nitrogens with zero attached hydrogens (tertiary/aromatic N) is 1. The number of benzene rings is 2. The summed E-state index contributed by atoms with van der Waals surface area (Å²) in [6, 6.07) is 16.2. The molecule has 0 aromatic heterocycles. The standard InChI is InChI=1S/C18H16Cl2NO2/c19-14-10-12-17(13-11-14)23-21(18(20)22,16-8-4-5-9-16)15-6-2-1-3-7-15/h1-3,6-8,10-13H,4-5,9H2/q+1. The van der Waals surface area contributed by atoms with Gasteiger partial charge in [-0.15, -0.1) is 0 Å². The lowest BCUT2D eigenvalue weighted by Gasteiger charge is -2.30. The highest BCUT2D eigenvalue weighted by atomic mass is 35.5. The molecule has 0 spiro atoms. The van der Waals surface area contributed by atoms with E-state index in [2.05, 4.69) is 0 Å². The first-order valence-corrected chi connectivity index (χ1v) is 8.18. The van der Waals surface area contributed by atoms with Crippen molar-refractivity contribution in [3.8, 4) is 5.75 Å². The number of hydrogen-bond acceptors (Lipinski definition) is 2. The lowest BCUT2D eigenvalue weighted by atomic mass is 10.2. The van der Waals surface area contributed by atoms with Crippen molar-refractivity contribution in [2.24, 2.45) is 0 Å². The first-order valence-electron chi connectivity index (χ1n) is 7.42. The number of halogens is 2.